The molecule has 1 heterocycles. The summed E-state index contributed by atoms with van der Waals surface area (Å²) in [5, 5.41) is 3.88. The zero-order valence-corrected chi connectivity index (χ0v) is 17.4. The summed E-state index contributed by atoms with van der Waals surface area (Å²) in [4.78, 5) is 28.6. The van der Waals surface area contributed by atoms with Crippen LogP contribution in [0.2, 0.25) is 5.02 Å². The van der Waals surface area contributed by atoms with Gasteiger partial charge in [-0.1, -0.05) is 23.7 Å². The van der Waals surface area contributed by atoms with E-state index in [4.69, 9.17) is 21.1 Å². The van der Waals surface area contributed by atoms with Crippen molar-refractivity contribution in [3.05, 3.63) is 64.0 Å². The molecule has 0 bridgehead atoms. The van der Waals surface area contributed by atoms with Gasteiger partial charge in [0.25, 0.3) is 5.91 Å². The Kier molecular flexibility index (Phi) is 6.95. The predicted molar refractivity (Wildman–Crippen MR) is 115 cm³/mol. The number of nitrogens with zero attached hydrogens (tertiary/aromatic N) is 1. The molecule has 6 nitrogen and oxygen atoms in total. The maximum atomic E-state index is 12.2. The number of esters is 1. The Morgan fingerprint density at radius 3 is 2.52 bits per heavy atom. The average Bonchev–Trinajstić information content (AvgIpc) is 3.01. The first-order valence-corrected chi connectivity index (χ1v) is 10.1. The second-order valence-corrected chi connectivity index (χ2v) is 7.82. The third-order valence-corrected chi connectivity index (χ3v) is 4.77. The molecule has 1 aliphatic heterocycles. The van der Waals surface area contributed by atoms with E-state index in [1.807, 2.05) is 0 Å². The highest BCUT2D eigenvalue weighted by Crippen LogP contribution is 2.28. The third kappa shape index (κ3) is 6.37. The van der Waals surface area contributed by atoms with Gasteiger partial charge in [0.15, 0.2) is 11.8 Å². The zero-order chi connectivity index (χ0) is 20.8. The van der Waals surface area contributed by atoms with E-state index >= 15 is 0 Å². The lowest BCUT2D eigenvalue weighted by atomic mass is 10.2. The van der Waals surface area contributed by atoms with E-state index in [2.05, 4.69) is 10.3 Å². The minimum atomic E-state index is -0.419. The number of halogens is 1. The van der Waals surface area contributed by atoms with Crippen LogP contribution in [0.4, 0.5) is 5.69 Å². The molecule has 1 saturated heterocycles. The Morgan fingerprint density at radius 1 is 1.17 bits per heavy atom. The van der Waals surface area contributed by atoms with Gasteiger partial charge < -0.3 is 14.8 Å². The molecule has 1 aliphatic rings. The van der Waals surface area contributed by atoms with Crippen molar-refractivity contribution >= 4 is 52.2 Å². The smallest absolute Gasteiger partial charge is 0.344 e. The van der Waals surface area contributed by atoms with E-state index in [0.29, 0.717) is 26.5 Å². The molecule has 150 valence electrons. The lowest BCUT2D eigenvalue weighted by Crippen LogP contribution is -2.19. The number of rotatable bonds is 6. The number of benzene rings is 2. The maximum Gasteiger partial charge on any atom is 0.344 e. The third-order valence-electron chi connectivity index (χ3n) is 3.61. The number of hydrogen-bond acceptors (Lipinski definition) is 6. The van der Waals surface area contributed by atoms with Gasteiger partial charge in [-0.3, -0.25) is 4.79 Å². The van der Waals surface area contributed by atoms with Crippen molar-refractivity contribution in [3.63, 3.8) is 0 Å². The monoisotopic (exact) mass is 430 g/mol. The van der Waals surface area contributed by atoms with Gasteiger partial charge in [-0.05, 0) is 73.6 Å². The lowest BCUT2D eigenvalue weighted by Gasteiger charge is -2.09. The van der Waals surface area contributed by atoms with E-state index in [0.717, 1.165) is 5.56 Å². The van der Waals surface area contributed by atoms with E-state index in [-0.39, 0.29) is 18.6 Å². The van der Waals surface area contributed by atoms with Crippen LogP contribution in [0.15, 0.2) is 58.4 Å². The van der Waals surface area contributed by atoms with Crippen LogP contribution in [0.3, 0.4) is 0 Å². The number of thioether (sulfide) groups is 1. The van der Waals surface area contributed by atoms with Crippen molar-refractivity contribution in [3.8, 4) is 5.75 Å². The summed E-state index contributed by atoms with van der Waals surface area (Å²) in [6.45, 7) is 3.41. The molecule has 0 atom stereocenters. The van der Waals surface area contributed by atoms with Crippen LogP contribution in [0.5, 0.6) is 5.75 Å². The second kappa shape index (κ2) is 9.62. The molecule has 0 aliphatic carbocycles. The first-order chi connectivity index (χ1) is 13.9. The van der Waals surface area contributed by atoms with Crippen LogP contribution < -0.4 is 10.1 Å². The molecule has 1 fully saturated rings. The van der Waals surface area contributed by atoms with Gasteiger partial charge in [0, 0.05) is 5.02 Å². The molecule has 2 aromatic rings. The van der Waals surface area contributed by atoms with Gasteiger partial charge in [0.1, 0.15) is 5.75 Å². The molecule has 0 saturated carbocycles. The number of carbonyl (C=O) groups is 2. The summed E-state index contributed by atoms with van der Waals surface area (Å²) in [6, 6.07) is 14.1. The second-order valence-electron chi connectivity index (χ2n) is 6.35. The molecule has 2 aromatic carbocycles. The fourth-order valence-electron chi connectivity index (χ4n) is 2.36. The molecule has 0 aromatic heterocycles. The predicted octanol–water partition coefficient (Wildman–Crippen LogP) is 4.56. The van der Waals surface area contributed by atoms with Gasteiger partial charge in [-0.15, -0.1) is 0 Å². The van der Waals surface area contributed by atoms with Crippen molar-refractivity contribution in [1.29, 1.82) is 0 Å². The van der Waals surface area contributed by atoms with Crippen molar-refractivity contribution in [2.45, 2.75) is 20.0 Å². The number of amides is 1. The van der Waals surface area contributed by atoms with Gasteiger partial charge in [-0.2, -0.15) is 0 Å². The molecule has 3 rings (SSSR count). The molecule has 1 amide bonds. The molecule has 8 heteroatoms. The standard InChI is InChI=1S/C21H19ClN2O4S/c1-13(2)28-19(25)12-27-17-9-3-14(4-10-17)11-18-20(26)24-21(29-18)23-16-7-5-15(22)6-8-16/h3-11,13H,12H2,1-2H3,(H,23,24,26)/b18-11-. The van der Waals surface area contributed by atoms with Crippen LogP contribution in [0, 0.1) is 0 Å². The van der Waals surface area contributed by atoms with Crippen LogP contribution in [-0.2, 0) is 14.3 Å². The van der Waals surface area contributed by atoms with E-state index < -0.39 is 5.97 Å². The highest BCUT2D eigenvalue weighted by Gasteiger charge is 2.23. The molecule has 0 unspecified atom stereocenters. The summed E-state index contributed by atoms with van der Waals surface area (Å²) in [7, 11) is 0. The normalized spacial score (nSPS) is 16.3. The van der Waals surface area contributed by atoms with Crippen molar-refractivity contribution in [2.75, 3.05) is 6.61 Å². The first-order valence-electron chi connectivity index (χ1n) is 8.86. The van der Waals surface area contributed by atoms with E-state index in [9.17, 15) is 9.59 Å². The lowest BCUT2D eigenvalue weighted by molar-refractivity contribution is -0.149. The fourth-order valence-corrected chi connectivity index (χ4v) is 3.33. The summed E-state index contributed by atoms with van der Waals surface area (Å²) in [6.07, 6.45) is 1.59. The van der Waals surface area contributed by atoms with Gasteiger partial charge >= 0.3 is 5.97 Å². The van der Waals surface area contributed by atoms with Gasteiger partial charge in [-0.25, -0.2) is 9.79 Å². The minimum absolute atomic E-state index is 0.151. The van der Waals surface area contributed by atoms with Crippen LogP contribution >= 0.6 is 23.4 Å². The highest BCUT2D eigenvalue weighted by atomic mass is 35.5. The zero-order valence-electron chi connectivity index (χ0n) is 15.8. The number of amidine groups is 1. The van der Waals surface area contributed by atoms with E-state index in [1.165, 1.54) is 11.8 Å². The molecule has 29 heavy (non-hydrogen) atoms. The molecular weight excluding hydrogens is 412 g/mol. The Bertz CT molecular complexity index is 954. The topological polar surface area (TPSA) is 77.0 Å². The molecular formula is C21H19ClN2O4S. The maximum absolute atomic E-state index is 12.2. The van der Waals surface area contributed by atoms with Crippen LogP contribution in [0.1, 0.15) is 19.4 Å². The van der Waals surface area contributed by atoms with Crippen molar-refractivity contribution in [2.24, 2.45) is 4.99 Å². The highest BCUT2D eigenvalue weighted by molar-refractivity contribution is 8.18. The largest absolute Gasteiger partial charge is 0.482 e. The van der Waals surface area contributed by atoms with Crippen molar-refractivity contribution < 1.29 is 19.1 Å². The summed E-state index contributed by atoms with van der Waals surface area (Å²) in [5.74, 6) is -0.0847. The number of carbonyl (C=O) groups excluding carboxylic acids is 2. The number of ether oxygens (including phenoxy) is 2. The Morgan fingerprint density at radius 2 is 1.86 bits per heavy atom. The number of hydrogen-bond donors (Lipinski definition) is 1. The number of aliphatic imine (C=N–C) groups is 1. The van der Waals surface area contributed by atoms with Gasteiger partial charge in [0.2, 0.25) is 0 Å². The van der Waals surface area contributed by atoms with Crippen LogP contribution in [-0.4, -0.2) is 29.8 Å². The molecule has 0 spiro atoms. The van der Waals surface area contributed by atoms with E-state index in [1.54, 1.807) is 68.5 Å². The van der Waals surface area contributed by atoms with Gasteiger partial charge in [0.05, 0.1) is 16.7 Å². The molecule has 0 radical (unpaired) electrons. The van der Waals surface area contributed by atoms with Crippen molar-refractivity contribution in [1.82, 2.24) is 5.32 Å². The summed E-state index contributed by atoms with van der Waals surface area (Å²) < 4.78 is 10.4. The first kappa shape index (κ1) is 21.0. The Hall–Kier alpha value is -2.77. The number of nitrogens with one attached hydrogen (secondary N) is 1. The fraction of sp³-hybridized carbons (Fsp3) is 0.190. The average molecular weight is 431 g/mol. The minimum Gasteiger partial charge on any atom is -0.482 e. The quantitative estimate of drug-likeness (QED) is 0.537. The Balaban J connectivity index is 1.62. The summed E-state index contributed by atoms with van der Waals surface area (Å²) in [5.41, 5.74) is 1.53. The Labute approximate surface area is 177 Å². The SMILES string of the molecule is CC(C)OC(=O)COc1ccc(/C=C2\SC(=Nc3ccc(Cl)cc3)NC2=O)cc1. The van der Waals surface area contributed by atoms with Crippen LogP contribution in [0.25, 0.3) is 6.08 Å². The molecule has 1 N–H and O–H groups in total. The summed E-state index contributed by atoms with van der Waals surface area (Å²) >= 11 is 7.13.